The number of likely N-dealkylation sites (tertiary alicyclic amines) is 1. The molecule has 0 spiro atoms. The van der Waals surface area contributed by atoms with Crippen LogP contribution in [-0.4, -0.2) is 43.0 Å². The van der Waals surface area contributed by atoms with E-state index in [2.05, 4.69) is 56.8 Å². The van der Waals surface area contributed by atoms with Gasteiger partial charge >= 0.3 is 0 Å². The summed E-state index contributed by atoms with van der Waals surface area (Å²) in [6, 6.07) is 16.6. The maximum Gasteiger partial charge on any atom is 0.241 e. The maximum atomic E-state index is 12.7. The maximum absolute atomic E-state index is 12.7. The van der Waals surface area contributed by atoms with E-state index in [1.807, 2.05) is 19.1 Å². The minimum absolute atomic E-state index is 0.00254. The number of piperidine rings is 1. The quantitative estimate of drug-likeness (QED) is 0.665. The van der Waals surface area contributed by atoms with E-state index >= 15 is 0 Å². The van der Waals surface area contributed by atoms with Gasteiger partial charge in [-0.15, -0.1) is 0 Å². The van der Waals surface area contributed by atoms with Crippen molar-refractivity contribution in [3.63, 3.8) is 0 Å². The van der Waals surface area contributed by atoms with Crippen LogP contribution in [0.25, 0.3) is 0 Å². The smallest absolute Gasteiger partial charge is 0.241 e. The molecule has 0 radical (unpaired) electrons. The molecule has 2 aromatic carbocycles. The second kappa shape index (κ2) is 10.8. The third kappa shape index (κ3) is 6.08. The number of amides is 1. The lowest BCUT2D eigenvalue weighted by Gasteiger charge is -2.28. The Balaban J connectivity index is 1.28. The molecule has 2 aliphatic rings. The molecule has 31 heavy (non-hydrogen) atoms. The molecule has 2 N–H and O–H groups in total. The zero-order valence-corrected chi connectivity index (χ0v) is 18.8. The fourth-order valence-electron chi connectivity index (χ4n) is 4.58. The number of nitrogens with zero attached hydrogens (tertiary/aromatic N) is 2. The van der Waals surface area contributed by atoms with Crippen LogP contribution in [-0.2, 0) is 17.9 Å². The predicted molar refractivity (Wildman–Crippen MR) is 128 cm³/mol. The van der Waals surface area contributed by atoms with Gasteiger partial charge in [-0.1, -0.05) is 24.3 Å². The van der Waals surface area contributed by atoms with Crippen molar-refractivity contribution in [1.29, 1.82) is 0 Å². The molecule has 0 saturated carbocycles. The molecular formula is C26H36N4O. The Morgan fingerprint density at radius 1 is 0.871 bits per heavy atom. The summed E-state index contributed by atoms with van der Waals surface area (Å²) in [4.78, 5) is 17.6. The number of hydrogen-bond donors (Lipinski definition) is 2. The Morgan fingerprint density at radius 2 is 1.52 bits per heavy atom. The summed E-state index contributed by atoms with van der Waals surface area (Å²) >= 11 is 0. The Hall–Kier alpha value is -2.37. The Kier molecular flexibility index (Phi) is 7.60. The van der Waals surface area contributed by atoms with Crippen LogP contribution >= 0.6 is 0 Å². The summed E-state index contributed by atoms with van der Waals surface area (Å²) in [6.07, 6.45) is 6.47. The second-order valence-electron chi connectivity index (χ2n) is 8.94. The minimum atomic E-state index is -0.262. The summed E-state index contributed by atoms with van der Waals surface area (Å²) in [5.41, 5.74) is 4.74. The highest BCUT2D eigenvalue weighted by Gasteiger charge is 2.16. The summed E-state index contributed by atoms with van der Waals surface area (Å²) in [5, 5.41) is 6.46. The Labute approximate surface area is 186 Å². The third-order valence-corrected chi connectivity index (χ3v) is 6.56. The molecule has 5 nitrogen and oxygen atoms in total. The van der Waals surface area contributed by atoms with E-state index in [9.17, 15) is 4.79 Å². The highest BCUT2D eigenvalue weighted by molar-refractivity contribution is 5.94. The van der Waals surface area contributed by atoms with E-state index in [4.69, 9.17) is 0 Å². The lowest BCUT2D eigenvalue weighted by atomic mass is 10.1. The number of anilines is 2. The van der Waals surface area contributed by atoms with Gasteiger partial charge in [-0.05, 0) is 87.5 Å². The predicted octanol–water partition coefficient (Wildman–Crippen LogP) is 4.39. The molecule has 0 bridgehead atoms. The van der Waals surface area contributed by atoms with Gasteiger partial charge in [0.2, 0.25) is 5.91 Å². The molecule has 2 saturated heterocycles. The number of hydrogen-bond acceptors (Lipinski definition) is 4. The van der Waals surface area contributed by atoms with E-state index in [-0.39, 0.29) is 11.9 Å². The molecule has 2 fully saturated rings. The van der Waals surface area contributed by atoms with E-state index in [1.165, 1.54) is 62.0 Å². The topological polar surface area (TPSA) is 47.6 Å². The normalized spacial score (nSPS) is 18.2. The van der Waals surface area contributed by atoms with Gasteiger partial charge in [0.25, 0.3) is 0 Å². The highest BCUT2D eigenvalue weighted by Crippen LogP contribution is 2.22. The molecule has 2 heterocycles. The molecule has 2 aliphatic heterocycles. The van der Waals surface area contributed by atoms with Gasteiger partial charge in [0, 0.05) is 37.6 Å². The molecule has 166 valence electrons. The van der Waals surface area contributed by atoms with Crippen molar-refractivity contribution in [3.8, 4) is 0 Å². The number of benzene rings is 2. The molecule has 2 aromatic rings. The van der Waals surface area contributed by atoms with Gasteiger partial charge in [0.05, 0.1) is 6.04 Å². The molecule has 0 aliphatic carbocycles. The van der Waals surface area contributed by atoms with Crippen LogP contribution in [0.3, 0.4) is 0 Å². The molecule has 5 heteroatoms. The van der Waals surface area contributed by atoms with Crippen LogP contribution in [0.5, 0.6) is 0 Å². The Morgan fingerprint density at radius 3 is 2.23 bits per heavy atom. The fourth-order valence-corrected chi connectivity index (χ4v) is 4.58. The third-order valence-electron chi connectivity index (χ3n) is 6.56. The molecule has 4 rings (SSSR count). The number of carbonyl (C=O) groups is 1. The van der Waals surface area contributed by atoms with Crippen LogP contribution < -0.4 is 15.5 Å². The van der Waals surface area contributed by atoms with Crippen molar-refractivity contribution in [2.45, 2.75) is 58.2 Å². The molecule has 1 unspecified atom stereocenters. The van der Waals surface area contributed by atoms with E-state index in [0.717, 1.165) is 25.3 Å². The zero-order chi connectivity index (χ0) is 21.5. The van der Waals surface area contributed by atoms with Gasteiger partial charge in [-0.2, -0.15) is 0 Å². The van der Waals surface area contributed by atoms with E-state index in [1.54, 1.807) is 0 Å². The van der Waals surface area contributed by atoms with Crippen LogP contribution in [0.1, 0.15) is 50.2 Å². The first-order chi connectivity index (χ1) is 15.2. The van der Waals surface area contributed by atoms with Gasteiger partial charge < -0.3 is 15.5 Å². The summed E-state index contributed by atoms with van der Waals surface area (Å²) in [6.45, 7) is 8.28. The minimum Gasteiger partial charge on any atom is -0.372 e. The molecule has 1 amide bonds. The van der Waals surface area contributed by atoms with Crippen molar-refractivity contribution in [2.24, 2.45) is 0 Å². The van der Waals surface area contributed by atoms with Crippen LogP contribution in [0.2, 0.25) is 0 Å². The average molecular weight is 421 g/mol. The van der Waals surface area contributed by atoms with Crippen LogP contribution in [0.15, 0.2) is 48.5 Å². The lowest BCUT2D eigenvalue weighted by molar-refractivity contribution is -0.117. The Bertz CT molecular complexity index is 839. The summed E-state index contributed by atoms with van der Waals surface area (Å²) in [7, 11) is 0. The number of nitrogens with one attached hydrogen (secondary N) is 2. The first-order valence-corrected chi connectivity index (χ1v) is 11.9. The van der Waals surface area contributed by atoms with Crippen molar-refractivity contribution in [2.75, 3.05) is 36.4 Å². The first-order valence-electron chi connectivity index (χ1n) is 11.9. The van der Waals surface area contributed by atoms with Gasteiger partial charge in [0.1, 0.15) is 0 Å². The largest absolute Gasteiger partial charge is 0.372 e. The first kappa shape index (κ1) is 21.8. The van der Waals surface area contributed by atoms with Gasteiger partial charge in [-0.3, -0.25) is 9.69 Å². The van der Waals surface area contributed by atoms with Crippen molar-refractivity contribution < 1.29 is 4.79 Å². The van der Waals surface area contributed by atoms with Crippen LogP contribution in [0.4, 0.5) is 11.4 Å². The average Bonchev–Trinajstić information content (AvgIpc) is 3.32. The SMILES string of the molecule is CC(NCc1ccccc1CN1CCCC1)C(=O)Nc1ccc(N2CCCCC2)cc1. The van der Waals surface area contributed by atoms with Gasteiger partial charge in [-0.25, -0.2) is 0 Å². The van der Waals surface area contributed by atoms with E-state index in [0.29, 0.717) is 6.54 Å². The van der Waals surface area contributed by atoms with Crippen molar-refractivity contribution in [1.82, 2.24) is 10.2 Å². The standard InChI is InChI=1S/C26H36N4O/c1-21(27-19-22-9-3-4-10-23(22)20-29-15-7-8-16-29)26(31)28-24-11-13-25(14-12-24)30-17-5-2-6-18-30/h3-4,9-14,21,27H,2,5-8,15-20H2,1H3,(H,28,31). The number of rotatable bonds is 8. The highest BCUT2D eigenvalue weighted by atomic mass is 16.2. The van der Waals surface area contributed by atoms with Crippen molar-refractivity contribution >= 4 is 17.3 Å². The van der Waals surface area contributed by atoms with Gasteiger partial charge in [0.15, 0.2) is 0 Å². The second-order valence-corrected chi connectivity index (χ2v) is 8.94. The number of carbonyl (C=O) groups excluding carboxylic acids is 1. The zero-order valence-electron chi connectivity index (χ0n) is 18.8. The fraction of sp³-hybridized carbons (Fsp3) is 0.500. The van der Waals surface area contributed by atoms with E-state index < -0.39 is 0 Å². The summed E-state index contributed by atoms with van der Waals surface area (Å²) in [5.74, 6) is 0.00254. The monoisotopic (exact) mass is 420 g/mol. The lowest BCUT2D eigenvalue weighted by Crippen LogP contribution is -2.38. The summed E-state index contributed by atoms with van der Waals surface area (Å²) < 4.78 is 0. The molecule has 0 aromatic heterocycles. The van der Waals surface area contributed by atoms with Crippen LogP contribution in [0, 0.1) is 0 Å². The molecular weight excluding hydrogens is 384 g/mol. The van der Waals surface area contributed by atoms with Crippen molar-refractivity contribution in [3.05, 3.63) is 59.7 Å². The molecule has 1 atom stereocenters.